The molecule has 0 spiro atoms. The number of nitrogens with zero attached hydrogens (tertiary/aromatic N) is 3. The minimum atomic E-state index is -4.68. The van der Waals surface area contributed by atoms with Crippen LogP contribution in [0.3, 0.4) is 0 Å². The molecule has 182 valence electrons. The number of sulfone groups is 1. The molecule has 1 aromatic heterocycles. The van der Waals surface area contributed by atoms with E-state index in [1.165, 1.54) is 11.0 Å². The predicted molar refractivity (Wildman–Crippen MR) is 110 cm³/mol. The number of alkyl halides is 3. The molecule has 6 nitrogen and oxygen atoms in total. The van der Waals surface area contributed by atoms with Crippen LogP contribution in [0.25, 0.3) is 0 Å². The van der Waals surface area contributed by atoms with Gasteiger partial charge in [0, 0.05) is 38.4 Å². The topological polar surface area (TPSA) is 65.5 Å². The fourth-order valence-corrected chi connectivity index (χ4v) is 4.78. The third kappa shape index (κ3) is 5.69. The number of aromatic nitrogens is 1. The molecule has 2 aromatic rings. The van der Waals surface area contributed by atoms with E-state index in [-0.39, 0.29) is 18.8 Å². The lowest BCUT2D eigenvalue weighted by atomic mass is 10.2. The standard InChI is InChI=1S/C20H22F6N4O2S/c1-2-29-7-9-30(10-8-29)19-16(22)17(15(21)18(23)28-19)33(31,32)11-6-27-14-5-3-4-13(12-14)20(24,25)26/h3-5,12,27H,2,6-11H2,1H3. The summed E-state index contributed by atoms with van der Waals surface area (Å²) in [7, 11) is -4.68. The van der Waals surface area contributed by atoms with Gasteiger partial charge in [-0.25, -0.2) is 17.2 Å². The highest BCUT2D eigenvalue weighted by Gasteiger charge is 2.33. The highest BCUT2D eigenvalue weighted by Crippen LogP contribution is 2.31. The van der Waals surface area contributed by atoms with Crippen LogP contribution >= 0.6 is 0 Å². The second kappa shape index (κ2) is 9.75. The number of piperazine rings is 1. The molecular formula is C20H22F6N4O2S. The van der Waals surface area contributed by atoms with Gasteiger partial charge in [0.25, 0.3) is 5.95 Å². The summed E-state index contributed by atoms with van der Waals surface area (Å²) in [6.07, 6.45) is -4.59. The van der Waals surface area contributed by atoms with Crippen molar-refractivity contribution in [2.75, 3.05) is 55.2 Å². The van der Waals surface area contributed by atoms with Gasteiger partial charge in [-0.15, -0.1) is 0 Å². The Labute approximate surface area is 187 Å². The summed E-state index contributed by atoms with van der Waals surface area (Å²) in [5.74, 6) is -6.63. The Morgan fingerprint density at radius 1 is 1.06 bits per heavy atom. The lowest BCUT2D eigenvalue weighted by Gasteiger charge is -2.35. The van der Waals surface area contributed by atoms with Crippen LogP contribution in [-0.4, -0.2) is 63.3 Å². The Bertz CT molecular complexity index is 1100. The van der Waals surface area contributed by atoms with Crippen LogP contribution in [0.1, 0.15) is 12.5 Å². The quantitative estimate of drug-likeness (QED) is 0.468. The van der Waals surface area contributed by atoms with Gasteiger partial charge in [0.05, 0.1) is 11.3 Å². The molecule has 2 heterocycles. The summed E-state index contributed by atoms with van der Waals surface area (Å²) < 4.78 is 107. The van der Waals surface area contributed by atoms with E-state index < -0.39 is 62.2 Å². The fourth-order valence-electron chi connectivity index (χ4n) is 3.48. The van der Waals surface area contributed by atoms with E-state index in [1.807, 2.05) is 11.8 Å². The average Bonchev–Trinajstić information content (AvgIpc) is 2.76. The second-order valence-corrected chi connectivity index (χ2v) is 9.47. The molecule has 0 saturated carbocycles. The van der Waals surface area contributed by atoms with Crippen molar-refractivity contribution in [2.45, 2.75) is 18.0 Å². The smallest absolute Gasteiger partial charge is 0.384 e. The molecule has 0 atom stereocenters. The molecular weight excluding hydrogens is 474 g/mol. The Kier molecular flexibility index (Phi) is 7.42. The Hall–Kier alpha value is -2.54. The zero-order valence-electron chi connectivity index (χ0n) is 17.6. The first kappa shape index (κ1) is 25.1. The molecule has 0 bridgehead atoms. The van der Waals surface area contributed by atoms with Crippen molar-refractivity contribution in [3.05, 3.63) is 47.4 Å². The van der Waals surface area contributed by atoms with Crippen molar-refractivity contribution < 1.29 is 34.8 Å². The molecule has 13 heteroatoms. The van der Waals surface area contributed by atoms with Crippen LogP contribution in [-0.2, 0) is 16.0 Å². The summed E-state index contributed by atoms with van der Waals surface area (Å²) in [5.41, 5.74) is -0.979. The minimum Gasteiger partial charge on any atom is -0.384 e. The minimum absolute atomic E-state index is 0.0311. The fraction of sp³-hybridized carbons (Fsp3) is 0.450. The van der Waals surface area contributed by atoms with Gasteiger partial charge in [-0.05, 0) is 24.7 Å². The third-order valence-electron chi connectivity index (χ3n) is 5.30. The van der Waals surface area contributed by atoms with E-state index in [0.29, 0.717) is 13.1 Å². The lowest BCUT2D eigenvalue weighted by Crippen LogP contribution is -2.47. The largest absolute Gasteiger partial charge is 0.416 e. The number of anilines is 2. The molecule has 0 aliphatic carbocycles. The third-order valence-corrected chi connectivity index (χ3v) is 7.02. The monoisotopic (exact) mass is 496 g/mol. The molecule has 1 aliphatic rings. The lowest BCUT2D eigenvalue weighted by molar-refractivity contribution is -0.137. The molecule has 33 heavy (non-hydrogen) atoms. The van der Waals surface area contributed by atoms with Gasteiger partial charge in [-0.2, -0.15) is 22.5 Å². The molecule has 1 aromatic carbocycles. The van der Waals surface area contributed by atoms with Crippen LogP contribution in [0, 0.1) is 17.6 Å². The van der Waals surface area contributed by atoms with E-state index >= 15 is 4.39 Å². The van der Waals surface area contributed by atoms with E-state index in [4.69, 9.17) is 0 Å². The van der Waals surface area contributed by atoms with Crippen molar-refractivity contribution in [1.82, 2.24) is 9.88 Å². The molecule has 3 rings (SSSR count). The van der Waals surface area contributed by atoms with E-state index in [0.717, 1.165) is 24.7 Å². The van der Waals surface area contributed by atoms with Gasteiger partial charge >= 0.3 is 6.18 Å². The predicted octanol–water partition coefficient (Wildman–Crippen LogP) is 3.55. The zero-order valence-corrected chi connectivity index (χ0v) is 18.4. The molecule has 0 amide bonds. The van der Waals surface area contributed by atoms with Crippen LogP contribution in [0.4, 0.5) is 37.8 Å². The van der Waals surface area contributed by atoms with Crippen molar-refractivity contribution in [1.29, 1.82) is 0 Å². The highest BCUT2D eigenvalue weighted by atomic mass is 32.2. The Morgan fingerprint density at radius 3 is 2.33 bits per heavy atom. The maximum Gasteiger partial charge on any atom is 0.416 e. The van der Waals surface area contributed by atoms with Crippen LogP contribution in [0.15, 0.2) is 29.2 Å². The van der Waals surface area contributed by atoms with Gasteiger partial charge in [0.2, 0.25) is 0 Å². The van der Waals surface area contributed by atoms with E-state index in [1.54, 1.807) is 0 Å². The number of likely N-dealkylation sites (N-methyl/N-ethyl adjacent to an activating group) is 1. The molecule has 0 radical (unpaired) electrons. The first-order valence-electron chi connectivity index (χ1n) is 10.1. The first-order valence-corrected chi connectivity index (χ1v) is 11.7. The van der Waals surface area contributed by atoms with Gasteiger partial charge in [0.1, 0.15) is 4.90 Å². The van der Waals surface area contributed by atoms with E-state index in [2.05, 4.69) is 10.3 Å². The van der Waals surface area contributed by atoms with E-state index in [9.17, 15) is 30.4 Å². The van der Waals surface area contributed by atoms with Crippen LogP contribution in [0.5, 0.6) is 0 Å². The molecule has 0 unspecified atom stereocenters. The van der Waals surface area contributed by atoms with Crippen molar-refractivity contribution >= 4 is 21.3 Å². The van der Waals surface area contributed by atoms with Crippen LogP contribution < -0.4 is 10.2 Å². The molecule has 1 saturated heterocycles. The number of hydrogen-bond acceptors (Lipinski definition) is 6. The second-order valence-electron chi connectivity index (χ2n) is 7.43. The maximum absolute atomic E-state index is 15.1. The SMILES string of the molecule is CCN1CCN(c2nc(F)c(F)c(S(=O)(=O)CCNc3cccc(C(F)(F)F)c3)c2F)CC1. The number of benzene rings is 1. The van der Waals surface area contributed by atoms with Gasteiger partial charge in [0.15, 0.2) is 27.3 Å². The van der Waals surface area contributed by atoms with Crippen molar-refractivity contribution in [3.63, 3.8) is 0 Å². The van der Waals surface area contributed by atoms with Gasteiger partial charge < -0.3 is 15.1 Å². The van der Waals surface area contributed by atoms with Crippen molar-refractivity contribution in [3.8, 4) is 0 Å². The summed E-state index contributed by atoms with van der Waals surface area (Å²) in [4.78, 5) is 5.25. The number of hydrogen-bond donors (Lipinski definition) is 1. The van der Waals surface area contributed by atoms with Gasteiger partial charge in [-0.3, -0.25) is 0 Å². The summed E-state index contributed by atoms with van der Waals surface area (Å²) in [6, 6.07) is 4.02. The number of nitrogens with one attached hydrogen (secondary N) is 1. The average molecular weight is 496 g/mol. The Balaban J connectivity index is 1.79. The van der Waals surface area contributed by atoms with Crippen molar-refractivity contribution in [2.24, 2.45) is 0 Å². The maximum atomic E-state index is 15.1. The number of rotatable bonds is 7. The highest BCUT2D eigenvalue weighted by molar-refractivity contribution is 7.91. The molecule has 1 aliphatic heterocycles. The normalized spacial score (nSPS) is 15.7. The van der Waals surface area contributed by atoms with Crippen LogP contribution in [0.2, 0.25) is 0 Å². The number of halogens is 6. The number of pyridine rings is 1. The molecule has 1 fully saturated rings. The molecule has 1 N–H and O–H groups in total. The first-order chi connectivity index (χ1) is 15.4. The summed E-state index contributed by atoms with van der Waals surface area (Å²) in [6.45, 7) is 3.75. The van der Waals surface area contributed by atoms with Gasteiger partial charge in [-0.1, -0.05) is 13.0 Å². The summed E-state index contributed by atoms with van der Waals surface area (Å²) in [5, 5.41) is 2.48. The Morgan fingerprint density at radius 2 is 1.73 bits per heavy atom. The summed E-state index contributed by atoms with van der Waals surface area (Å²) >= 11 is 0. The zero-order chi connectivity index (χ0) is 24.4.